The number of likely N-dealkylation sites (N-methyl/N-ethyl adjacent to an activating group) is 1. The zero-order valence-electron chi connectivity index (χ0n) is 22.4. The molecule has 0 aliphatic carbocycles. The third-order valence-electron chi connectivity index (χ3n) is 6.11. The molecule has 0 aliphatic heterocycles. The maximum atomic E-state index is 13.1. The van der Waals surface area contributed by atoms with E-state index in [1.165, 1.54) is 6.07 Å². The highest BCUT2D eigenvalue weighted by molar-refractivity contribution is 7.13. The Balaban J connectivity index is 1.63. The van der Waals surface area contributed by atoms with Gasteiger partial charge in [-0.25, -0.2) is 5.43 Å². The van der Waals surface area contributed by atoms with Gasteiger partial charge in [0.25, 0.3) is 11.8 Å². The van der Waals surface area contributed by atoms with Gasteiger partial charge < -0.3 is 15.5 Å². The molecule has 1 aromatic heterocycles. The lowest BCUT2D eigenvalue weighted by atomic mass is 10.1. The van der Waals surface area contributed by atoms with Gasteiger partial charge in [0.05, 0.1) is 22.5 Å². The minimum Gasteiger partial charge on any atom is -0.320 e. The van der Waals surface area contributed by atoms with E-state index in [-0.39, 0.29) is 16.3 Å². The predicted molar refractivity (Wildman–Crippen MR) is 154 cm³/mol. The van der Waals surface area contributed by atoms with E-state index in [0.717, 1.165) is 61.4 Å². The minimum atomic E-state index is -4.62. The number of rotatable bonds is 12. The largest absolute Gasteiger partial charge is 0.417 e. The summed E-state index contributed by atoms with van der Waals surface area (Å²) in [6.07, 6.45) is -3.53. The molecule has 0 saturated heterocycles. The number of alkyl halides is 3. The van der Waals surface area contributed by atoms with Gasteiger partial charge in [-0.15, -0.1) is 11.3 Å². The molecule has 2 amide bonds. The van der Waals surface area contributed by atoms with Gasteiger partial charge in [-0.05, 0) is 66.3 Å². The number of hydrazone groups is 1. The van der Waals surface area contributed by atoms with Crippen LogP contribution < -0.4 is 16.1 Å². The molecule has 40 heavy (non-hydrogen) atoms. The van der Waals surface area contributed by atoms with E-state index in [0.29, 0.717) is 23.4 Å². The third kappa shape index (κ3) is 8.62. The van der Waals surface area contributed by atoms with Crippen molar-refractivity contribution >= 4 is 46.7 Å². The van der Waals surface area contributed by atoms with Crippen LogP contribution in [0.1, 0.15) is 56.1 Å². The first-order valence-electron chi connectivity index (χ1n) is 12.6. The number of hydrogen-bond acceptors (Lipinski definition) is 6. The second kappa shape index (κ2) is 14.4. The second-order valence-electron chi connectivity index (χ2n) is 8.92. The van der Waals surface area contributed by atoms with Gasteiger partial charge in [0.1, 0.15) is 4.88 Å². The number of benzene rings is 2. The van der Waals surface area contributed by atoms with Crippen LogP contribution in [0.15, 0.2) is 52.9 Å². The summed E-state index contributed by atoms with van der Waals surface area (Å²) < 4.78 is 39.2. The van der Waals surface area contributed by atoms with Crippen molar-refractivity contribution in [2.75, 3.05) is 31.5 Å². The second-order valence-corrected chi connectivity index (χ2v) is 10.2. The molecule has 3 aromatic rings. The van der Waals surface area contributed by atoms with E-state index in [1.807, 2.05) is 6.07 Å². The first-order chi connectivity index (χ1) is 19.0. The Morgan fingerprint density at radius 2 is 1.85 bits per heavy atom. The topological polar surface area (TPSA) is 85.8 Å². The number of thiophene rings is 1. The fourth-order valence-electron chi connectivity index (χ4n) is 3.84. The average Bonchev–Trinajstić information content (AvgIpc) is 3.29. The molecular formula is C28H31ClF3N5O2S. The van der Waals surface area contributed by atoms with E-state index >= 15 is 0 Å². The predicted octanol–water partition coefficient (Wildman–Crippen LogP) is 6.18. The van der Waals surface area contributed by atoms with E-state index in [4.69, 9.17) is 11.6 Å². The molecule has 2 aromatic carbocycles. The molecular weight excluding hydrogens is 563 g/mol. The van der Waals surface area contributed by atoms with Crippen LogP contribution in [0.5, 0.6) is 0 Å². The summed E-state index contributed by atoms with van der Waals surface area (Å²) in [4.78, 5) is 28.3. The van der Waals surface area contributed by atoms with Gasteiger partial charge in [0.2, 0.25) is 0 Å². The van der Waals surface area contributed by atoms with Crippen molar-refractivity contribution in [1.29, 1.82) is 0 Å². The molecule has 12 heteroatoms. The third-order valence-corrected chi connectivity index (χ3v) is 7.54. The summed E-state index contributed by atoms with van der Waals surface area (Å²) in [5, 5.41) is 11.3. The number of aryl methyl sites for hydroxylation is 1. The Bertz CT molecular complexity index is 1360. The number of carbonyl (C=O) groups is 2. The van der Waals surface area contributed by atoms with Crippen molar-refractivity contribution in [2.45, 2.75) is 33.5 Å². The van der Waals surface area contributed by atoms with Gasteiger partial charge in [-0.1, -0.05) is 43.6 Å². The Labute approximate surface area is 240 Å². The van der Waals surface area contributed by atoms with Crippen LogP contribution in [0.4, 0.5) is 18.9 Å². The summed E-state index contributed by atoms with van der Waals surface area (Å²) in [5.74, 6) is -0.981. The summed E-state index contributed by atoms with van der Waals surface area (Å²) in [7, 11) is 0. The fraction of sp³-hybridized carbons (Fsp3) is 0.321. The minimum absolute atomic E-state index is 0.107. The van der Waals surface area contributed by atoms with Crippen LogP contribution in [0.3, 0.4) is 0 Å². The lowest BCUT2D eigenvalue weighted by molar-refractivity contribution is -0.137. The lowest BCUT2D eigenvalue weighted by Gasteiger charge is -2.18. The number of anilines is 1. The summed E-state index contributed by atoms with van der Waals surface area (Å²) in [6, 6.07) is 10.5. The molecule has 3 rings (SSSR count). The maximum Gasteiger partial charge on any atom is 0.417 e. The SMILES string of the molecule is CCN(CC)CCNCc1cccc(C(=O)Nc2c(C)csc2C(=O)NN=Cc2ccc(Cl)c(C(F)(F)F)c2)c1. The molecule has 0 radical (unpaired) electrons. The van der Waals surface area contributed by atoms with E-state index in [9.17, 15) is 22.8 Å². The van der Waals surface area contributed by atoms with Crippen molar-refractivity contribution in [3.63, 3.8) is 0 Å². The highest BCUT2D eigenvalue weighted by Gasteiger charge is 2.33. The molecule has 0 unspecified atom stereocenters. The summed E-state index contributed by atoms with van der Waals surface area (Å²) >= 11 is 6.75. The molecule has 0 aliphatic rings. The smallest absolute Gasteiger partial charge is 0.320 e. The van der Waals surface area contributed by atoms with Crippen molar-refractivity contribution in [3.8, 4) is 0 Å². The maximum absolute atomic E-state index is 13.1. The van der Waals surface area contributed by atoms with Crippen molar-refractivity contribution in [3.05, 3.63) is 85.6 Å². The number of nitrogens with one attached hydrogen (secondary N) is 3. The molecule has 0 bridgehead atoms. The monoisotopic (exact) mass is 593 g/mol. The van der Waals surface area contributed by atoms with Gasteiger partial charge in [-0.3, -0.25) is 9.59 Å². The van der Waals surface area contributed by atoms with Gasteiger partial charge >= 0.3 is 6.18 Å². The Hall–Kier alpha value is -3.25. The van der Waals surface area contributed by atoms with Gasteiger partial charge in [0, 0.05) is 25.2 Å². The Kier molecular flexibility index (Phi) is 11.3. The van der Waals surface area contributed by atoms with Crippen LogP contribution in [-0.4, -0.2) is 49.1 Å². The molecule has 0 atom stereocenters. The zero-order chi connectivity index (χ0) is 29.3. The first-order valence-corrected chi connectivity index (χ1v) is 13.9. The number of nitrogens with zero attached hydrogens (tertiary/aromatic N) is 2. The number of hydrogen-bond donors (Lipinski definition) is 3. The van der Waals surface area contributed by atoms with E-state index in [2.05, 4.69) is 39.9 Å². The molecule has 1 heterocycles. The number of carbonyl (C=O) groups excluding carboxylic acids is 2. The first kappa shape index (κ1) is 31.3. The zero-order valence-corrected chi connectivity index (χ0v) is 23.9. The van der Waals surface area contributed by atoms with Crippen molar-refractivity contribution in [1.82, 2.24) is 15.6 Å². The quantitative estimate of drug-likeness (QED) is 0.133. The Morgan fingerprint density at radius 1 is 1.10 bits per heavy atom. The standard InChI is InChI=1S/C28H31ClF3N5O2S/c1-4-37(5-2)12-11-33-15-19-7-6-8-21(13-19)26(38)35-24-18(3)17-40-25(24)27(39)36-34-16-20-9-10-23(29)22(14-20)28(30,31)32/h6-10,13-14,16-17,33H,4-5,11-12,15H2,1-3H3,(H,35,38)(H,36,39). The van der Waals surface area contributed by atoms with Gasteiger partial charge in [-0.2, -0.15) is 18.3 Å². The lowest BCUT2D eigenvalue weighted by Crippen LogP contribution is -2.31. The van der Waals surface area contributed by atoms with Crippen LogP contribution in [0.25, 0.3) is 0 Å². The fourth-order valence-corrected chi connectivity index (χ4v) is 4.96. The highest BCUT2D eigenvalue weighted by Crippen LogP contribution is 2.35. The van der Waals surface area contributed by atoms with Crippen LogP contribution >= 0.6 is 22.9 Å². The van der Waals surface area contributed by atoms with Crippen LogP contribution in [-0.2, 0) is 12.7 Å². The van der Waals surface area contributed by atoms with Crippen LogP contribution in [0.2, 0.25) is 5.02 Å². The van der Waals surface area contributed by atoms with Crippen molar-refractivity contribution < 1.29 is 22.8 Å². The molecule has 0 spiro atoms. The molecule has 214 valence electrons. The molecule has 0 saturated carbocycles. The molecule has 7 nitrogen and oxygen atoms in total. The summed E-state index contributed by atoms with van der Waals surface area (Å²) in [5.41, 5.74) is 3.85. The molecule has 0 fully saturated rings. The van der Waals surface area contributed by atoms with Gasteiger partial charge in [0.15, 0.2) is 0 Å². The number of halogens is 4. The molecule has 3 N–H and O–H groups in total. The van der Waals surface area contributed by atoms with Crippen molar-refractivity contribution in [2.24, 2.45) is 5.10 Å². The average molecular weight is 594 g/mol. The normalized spacial score (nSPS) is 11.8. The highest BCUT2D eigenvalue weighted by atomic mass is 35.5. The summed E-state index contributed by atoms with van der Waals surface area (Å²) in [6.45, 7) is 10.4. The van der Waals surface area contributed by atoms with E-state index < -0.39 is 22.7 Å². The Morgan fingerprint density at radius 3 is 2.55 bits per heavy atom. The van der Waals surface area contributed by atoms with Crippen LogP contribution in [0, 0.1) is 6.92 Å². The number of amides is 2. The van der Waals surface area contributed by atoms with E-state index in [1.54, 1.807) is 30.5 Å².